The van der Waals surface area contributed by atoms with Gasteiger partial charge in [-0.1, -0.05) is 0 Å². The fourth-order valence-electron chi connectivity index (χ4n) is 1.56. The third-order valence-electron chi connectivity index (χ3n) is 2.50. The van der Waals surface area contributed by atoms with Gasteiger partial charge in [-0.2, -0.15) is 0 Å². The van der Waals surface area contributed by atoms with Gasteiger partial charge in [0.05, 0.1) is 29.7 Å². The van der Waals surface area contributed by atoms with Gasteiger partial charge in [0, 0.05) is 30.5 Å². The number of thiazole rings is 1. The van der Waals surface area contributed by atoms with Crippen LogP contribution in [0.25, 0.3) is 0 Å². The fourth-order valence-corrected chi connectivity index (χ4v) is 2.16. The van der Waals surface area contributed by atoms with Gasteiger partial charge in [-0.3, -0.25) is 0 Å². The van der Waals surface area contributed by atoms with Crippen molar-refractivity contribution in [1.82, 2.24) is 4.98 Å². The third kappa shape index (κ3) is 2.89. The number of rotatable bonds is 5. The SMILES string of the molecule is COc1cc(NCCc2cscn2)c(N)cc1F. The Morgan fingerprint density at radius 3 is 3.00 bits per heavy atom. The van der Waals surface area contributed by atoms with Gasteiger partial charge in [-0.05, 0) is 0 Å². The quantitative estimate of drug-likeness (QED) is 0.817. The van der Waals surface area contributed by atoms with Crippen molar-refractivity contribution in [3.63, 3.8) is 0 Å². The average Bonchev–Trinajstić information content (AvgIpc) is 2.85. The number of benzene rings is 1. The number of nitrogens with one attached hydrogen (secondary N) is 1. The molecule has 0 amide bonds. The van der Waals surface area contributed by atoms with Gasteiger partial charge in [-0.15, -0.1) is 11.3 Å². The van der Waals surface area contributed by atoms with Gasteiger partial charge in [-0.25, -0.2) is 9.37 Å². The normalized spacial score (nSPS) is 10.3. The van der Waals surface area contributed by atoms with Gasteiger partial charge in [0.15, 0.2) is 11.6 Å². The molecule has 0 fully saturated rings. The van der Waals surface area contributed by atoms with Crippen LogP contribution in [0.3, 0.4) is 0 Å². The monoisotopic (exact) mass is 267 g/mol. The van der Waals surface area contributed by atoms with E-state index < -0.39 is 5.82 Å². The van der Waals surface area contributed by atoms with Crippen LogP contribution in [-0.2, 0) is 6.42 Å². The Balaban J connectivity index is 2.00. The van der Waals surface area contributed by atoms with Crippen LogP contribution >= 0.6 is 11.3 Å². The van der Waals surface area contributed by atoms with Crippen LogP contribution in [0.2, 0.25) is 0 Å². The van der Waals surface area contributed by atoms with E-state index in [-0.39, 0.29) is 5.75 Å². The van der Waals surface area contributed by atoms with Crippen molar-refractivity contribution < 1.29 is 9.13 Å². The molecule has 2 aromatic rings. The van der Waals surface area contributed by atoms with E-state index >= 15 is 0 Å². The number of anilines is 2. The first kappa shape index (κ1) is 12.6. The highest BCUT2D eigenvalue weighted by Gasteiger charge is 2.08. The van der Waals surface area contributed by atoms with Crippen molar-refractivity contribution in [3.05, 3.63) is 34.5 Å². The van der Waals surface area contributed by atoms with E-state index in [2.05, 4.69) is 10.3 Å². The first-order valence-corrected chi connectivity index (χ1v) is 6.39. The molecule has 0 bridgehead atoms. The molecule has 0 saturated heterocycles. The second-order valence-corrected chi connectivity index (χ2v) is 4.45. The van der Waals surface area contributed by atoms with Crippen LogP contribution in [0.15, 0.2) is 23.0 Å². The predicted molar refractivity (Wildman–Crippen MR) is 71.7 cm³/mol. The summed E-state index contributed by atoms with van der Waals surface area (Å²) in [4.78, 5) is 4.18. The molecule has 0 aliphatic rings. The van der Waals surface area contributed by atoms with Crippen molar-refractivity contribution in [2.75, 3.05) is 24.7 Å². The summed E-state index contributed by atoms with van der Waals surface area (Å²) >= 11 is 1.56. The molecule has 6 heteroatoms. The zero-order valence-corrected chi connectivity index (χ0v) is 10.8. The van der Waals surface area contributed by atoms with E-state index in [0.29, 0.717) is 17.9 Å². The molecule has 96 valence electrons. The Hall–Kier alpha value is -1.82. The molecule has 2 rings (SSSR count). The first-order chi connectivity index (χ1) is 8.70. The van der Waals surface area contributed by atoms with Crippen molar-refractivity contribution in [2.45, 2.75) is 6.42 Å². The van der Waals surface area contributed by atoms with Crippen molar-refractivity contribution in [2.24, 2.45) is 0 Å². The minimum Gasteiger partial charge on any atom is -0.494 e. The lowest BCUT2D eigenvalue weighted by Crippen LogP contribution is -2.07. The molecule has 18 heavy (non-hydrogen) atoms. The van der Waals surface area contributed by atoms with Crippen LogP contribution in [0.5, 0.6) is 5.75 Å². The fraction of sp³-hybridized carbons (Fsp3) is 0.250. The maximum atomic E-state index is 13.3. The van der Waals surface area contributed by atoms with E-state index in [4.69, 9.17) is 10.5 Å². The Bertz CT molecular complexity index is 516. The number of halogens is 1. The molecule has 0 saturated carbocycles. The largest absolute Gasteiger partial charge is 0.494 e. The number of hydrogen-bond donors (Lipinski definition) is 2. The Morgan fingerprint density at radius 2 is 2.33 bits per heavy atom. The molecular weight excluding hydrogens is 253 g/mol. The number of methoxy groups -OCH3 is 1. The number of aromatic nitrogens is 1. The topological polar surface area (TPSA) is 60.2 Å². The molecular formula is C12H14FN3OS. The summed E-state index contributed by atoms with van der Waals surface area (Å²) in [7, 11) is 1.42. The molecule has 1 aromatic carbocycles. The molecule has 0 aliphatic carbocycles. The molecule has 4 nitrogen and oxygen atoms in total. The summed E-state index contributed by atoms with van der Waals surface area (Å²) in [5.41, 5.74) is 9.59. The van der Waals surface area contributed by atoms with Crippen LogP contribution in [-0.4, -0.2) is 18.6 Å². The lowest BCUT2D eigenvalue weighted by molar-refractivity contribution is 0.387. The van der Waals surface area contributed by atoms with Gasteiger partial charge >= 0.3 is 0 Å². The third-order valence-corrected chi connectivity index (χ3v) is 3.14. The van der Waals surface area contributed by atoms with Crippen LogP contribution in [0.4, 0.5) is 15.8 Å². The minimum atomic E-state index is -0.458. The number of nitrogens with two attached hydrogens (primary N) is 1. The van der Waals surface area contributed by atoms with E-state index in [1.54, 1.807) is 22.9 Å². The van der Waals surface area contributed by atoms with Crippen LogP contribution in [0.1, 0.15) is 5.69 Å². The minimum absolute atomic E-state index is 0.181. The summed E-state index contributed by atoms with van der Waals surface area (Å²) in [6.45, 7) is 0.683. The molecule has 0 radical (unpaired) electrons. The second kappa shape index (κ2) is 5.68. The van der Waals surface area contributed by atoms with E-state index in [1.165, 1.54) is 13.2 Å². The number of hydrogen-bond acceptors (Lipinski definition) is 5. The Morgan fingerprint density at radius 1 is 1.50 bits per heavy atom. The summed E-state index contributed by atoms with van der Waals surface area (Å²) in [6, 6.07) is 2.82. The maximum Gasteiger partial charge on any atom is 0.167 e. The highest BCUT2D eigenvalue weighted by Crippen LogP contribution is 2.27. The lowest BCUT2D eigenvalue weighted by Gasteiger charge is -2.11. The van der Waals surface area contributed by atoms with Crippen molar-refractivity contribution in [1.29, 1.82) is 0 Å². The molecule has 0 aliphatic heterocycles. The smallest absolute Gasteiger partial charge is 0.167 e. The summed E-state index contributed by atoms with van der Waals surface area (Å²) in [5.74, 6) is -0.277. The molecule has 1 heterocycles. The van der Waals surface area contributed by atoms with Gasteiger partial charge in [0.2, 0.25) is 0 Å². The molecule has 1 aromatic heterocycles. The standard InChI is InChI=1S/C12H14FN3OS/c1-17-12-5-11(10(14)4-9(12)13)15-3-2-8-6-18-7-16-8/h4-7,15H,2-3,14H2,1H3. The zero-order valence-electron chi connectivity index (χ0n) is 9.94. The van der Waals surface area contributed by atoms with Gasteiger partial charge < -0.3 is 15.8 Å². The molecule has 3 N–H and O–H groups in total. The first-order valence-electron chi connectivity index (χ1n) is 5.44. The number of nitrogen functional groups attached to an aromatic ring is 1. The van der Waals surface area contributed by atoms with E-state index in [1.807, 2.05) is 5.38 Å². The van der Waals surface area contributed by atoms with Crippen molar-refractivity contribution >= 4 is 22.7 Å². The molecule has 0 unspecified atom stereocenters. The van der Waals surface area contributed by atoms with Crippen LogP contribution in [0, 0.1) is 5.82 Å². The average molecular weight is 267 g/mol. The second-order valence-electron chi connectivity index (χ2n) is 3.73. The molecule has 0 spiro atoms. The van der Waals surface area contributed by atoms with Crippen molar-refractivity contribution in [3.8, 4) is 5.75 Å². The molecule has 0 atom stereocenters. The highest BCUT2D eigenvalue weighted by molar-refractivity contribution is 7.07. The van der Waals surface area contributed by atoms with Gasteiger partial charge in [0.1, 0.15) is 0 Å². The Labute approximate surface area is 109 Å². The number of ether oxygens (including phenoxy) is 1. The summed E-state index contributed by atoms with van der Waals surface area (Å²) in [6.07, 6.45) is 0.794. The van der Waals surface area contributed by atoms with Crippen LogP contribution < -0.4 is 15.8 Å². The zero-order chi connectivity index (χ0) is 13.0. The van der Waals surface area contributed by atoms with Gasteiger partial charge in [0.25, 0.3) is 0 Å². The predicted octanol–water partition coefficient (Wildman–Crippen LogP) is 2.53. The van der Waals surface area contributed by atoms with E-state index in [0.717, 1.165) is 12.1 Å². The highest BCUT2D eigenvalue weighted by atomic mass is 32.1. The number of nitrogens with zero attached hydrogens (tertiary/aromatic N) is 1. The summed E-state index contributed by atoms with van der Waals surface area (Å²) < 4.78 is 18.2. The maximum absolute atomic E-state index is 13.3. The Kier molecular flexibility index (Phi) is 3.99. The summed E-state index contributed by atoms with van der Waals surface area (Å²) in [5, 5.41) is 5.14. The lowest BCUT2D eigenvalue weighted by atomic mass is 10.2. The van der Waals surface area contributed by atoms with E-state index in [9.17, 15) is 4.39 Å².